The zero-order chi connectivity index (χ0) is 39.1. The number of carbonyl (C=O) groups excluding carboxylic acids is 1. The number of aliphatic hydroxyl groups excluding tert-OH is 2. The first-order valence-electron chi connectivity index (χ1n) is 22.0. The largest absolute Gasteiger partial charge is 0.472 e. The van der Waals surface area contributed by atoms with Crippen molar-refractivity contribution in [2.75, 3.05) is 19.8 Å². The van der Waals surface area contributed by atoms with Crippen molar-refractivity contribution < 1.29 is 33.5 Å². The van der Waals surface area contributed by atoms with Gasteiger partial charge in [-0.25, -0.2) is 4.57 Å². The number of nitrogens with one attached hydrogen (secondary N) is 1. The van der Waals surface area contributed by atoms with Crippen molar-refractivity contribution in [2.45, 2.75) is 225 Å². The van der Waals surface area contributed by atoms with E-state index in [1.54, 1.807) is 6.08 Å². The second-order valence-electron chi connectivity index (χ2n) is 15.1. The molecule has 0 heterocycles. The van der Waals surface area contributed by atoms with Crippen LogP contribution in [0.2, 0.25) is 0 Å². The van der Waals surface area contributed by atoms with E-state index in [0.29, 0.717) is 6.42 Å². The normalized spacial score (nSPS) is 14.9. The van der Waals surface area contributed by atoms with Gasteiger partial charge in [-0.05, 0) is 44.9 Å². The van der Waals surface area contributed by atoms with Crippen LogP contribution in [0.1, 0.15) is 206 Å². The number of carbonyl (C=O) groups is 1. The molecule has 0 radical (unpaired) electrons. The first kappa shape index (κ1) is 51.9. The van der Waals surface area contributed by atoms with Gasteiger partial charge in [-0.15, -0.1) is 0 Å². The number of hydrogen-bond donors (Lipinski definition) is 5. The number of amides is 1. The second kappa shape index (κ2) is 39.2. The predicted molar refractivity (Wildman–Crippen MR) is 223 cm³/mol. The third-order valence-corrected chi connectivity index (χ3v) is 10.8. The number of hydrogen-bond acceptors (Lipinski definition) is 7. The fourth-order valence-corrected chi connectivity index (χ4v) is 7.22. The van der Waals surface area contributed by atoms with Crippen LogP contribution in [0.5, 0.6) is 0 Å². The predicted octanol–water partition coefficient (Wildman–Crippen LogP) is 11.1. The molecule has 0 fully saturated rings. The van der Waals surface area contributed by atoms with E-state index in [1.165, 1.54) is 128 Å². The maximum atomic E-state index is 12.8. The van der Waals surface area contributed by atoms with Gasteiger partial charge < -0.3 is 26.2 Å². The number of unbranched alkanes of at least 4 members (excludes halogenated alkanes) is 25. The minimum Gasteiger partial charge on any atom is -0.393 e. The molecule has 9 nitrogen and oxygen atoms in total. The van der Waals surface area contributed by atoms with Crippen LogP contribution in [-0.4, -0.2) is 59.0 Å². The molecular weight excluding hydrogens is 687 g/mol. The van der Waals surface area contributed by atoms with Crippen molar-refractivity contribution in [3.8, 4) is 0 Å². The molecule has 0 aromatic heterocycles. The van der Waals surface area contributed by atoms with Crippen LogP contribution < -0.4 is 11.1 Å². The number of phosphoric acid groups is 1. The minimum absolute atomic E-state index is 0.0488. The third-order valence-electron chi connectivity index (χ3n) is 9.83. The molecule has 4 atom stereocenters. The lowest BCUT2D eigenvalue weighted by molar-refractivity contribution is -0.124. The van der Waals surface area contributed by atoms with Gasteiger partial charge in [0.2, 0.25) is 5.91 Å². The Kier molecular flexibility index (Phi) is 38.4. The standard InChI is InChI=1S/C43H85N2O7P/c1-3-5-7-9-11-13-15-17-18-19-20-21-23-24-26-28-30-32-34-40(46)38-43(48)45-41(39-52-53(49,50)51-37-36-44)42(47)35-33-31-29-27-25-22-16-14-12-10-8-6-4-2/h20-21,33,35,40-42,46-47H,3-19,22-32,34,36-39,44H2,1-2H3,(H,45,48)(H,49,50)/b21-20-,35-33+. The molecule has 10 heteroatoms. The van der Waals surface area contributed by atoms with E-state index >= 15 is 0 Å². The van der Waals surface area contributed by atoms with Gasteiger partial charge >= 0.3 is 7.82 Å². The van der Waals surface area contributed by atoms with Gasteiger partial charge in [0.25, 0.3) is 0 Å². The van der Waals surface area contributed by atoms with Gasteiger partial charge in [-0.3, -0.25) is 13.8 Å². The Morgan fingerprint density at radius 3 is 1.51 bits per heavy atom. The summed E-state index contributed by atoms with van der Waals surface area (Å²) in [6.07, 6.45) is 41.2. The molecule has 0 aliphatic carbocycles. The highest BCUT2D eigenvalue weighted by atomic mass is 31.2. The highest BCUT2D eigenvalue weighted by molar-refractivity contribution is 7.47. The van der Waals surface area contributed by atoms with E-state index in [2.05, 4.69) is 31.3 Å². The summed E-state index contributed by atoms with van der Waals surface area (Å²) >= 11 is 0. The van der Waals surface area contributed by atoms with Crippen molar-refractivity contribution in [3.05, 3.63) is 24.3 Å². The Morgan fingerprint density at radius 2 is 1.06 bits per heavy atom. The molecule has 0 aliphatic heterocycles. The molecule has 4 unspecified atom stereocenters. The molecule has 0 saturated heterocycles. The van der Waals surface area contributed by atoms with Crippen molar-refractivity contribution in [3.63, 3.8) is 0 Å². The van der Waals surface area contributed by atoms with E-state index in [4.69, 9.17) is 14.8 Å². The zero-order valence-electron chi connectivity index (χ0n) is 34.4. The maximum absolute atomic E-state index is 12.8. The Bertz CT molecular complexity index is 904. The molecule has 314 valence electrons. The van der Waals surface area contributed by atoms with Crippen molar-refractivity contribution in [2.24, 2.45) is 5.73 Å². The lowest BCUT2D eigenvalue weighted by Gasteiger charge is -2.24. The molecule has 1 amide bonds. The van der Waals surface area contributed by atoms with Gasteiger partial charge in [-0.1, -0.05) is 179 Å². The van der Waals surface area contributed by atoms with Crippen molar-refractivity contribution >= 4 is 13.7 Å². The van der Waals surface area contributed by atoms with Crippen LogP contribution in [-0.2, 0) is 18.4 Å². The first-order valence-corrected chi connectivity index (χ1v) is 23.5. The number of allylic oxidation sites excluding steroid dienone is 3. The van der Waals surface area contributed by atoms with Crippen LogP contribution in [0.3, 0.4) is 0 Å². The highest BCUT2D eigenvalue weighted by Crippen LogP contribution is 2.43. The fraction of sp³-hybridized carbons (Fsp3) is 0.884. The molecule has 0 bridgehead atoms. The van der Waals surface area contributed by atoms with Gasteiger partial charge in [0.05, 0.1) is 37.9 Å². The van der Waals surface area contributed by atoms with Crippen LogP contribution in [0.4, 0.5) is 0 Å². The lowest BCUT2D eigenvalue weighted by Crippen LogP contribution is -2.46. The fourth-order valence-electron chi connectivity index (χ4n) is 6.46. The summed E-state index contributed by atoms with van der Waals surface area (Å²) in [5, 5.41) is 24.0. The Hall–Kier alpha value is -1.06. The molecule has 53 heavy (non-hydrogen) atoms. The first-order chi connectivity index (χ1) is 25.8. The summed E-state index contributed by atoms with van der Waals surface area (Å²) in [5.41, 5.74) is 5.36. The van der Waals surface area contributed by atoms with E-state index in [0.717, 1.165) is 51.4 Å². The Balaban J connectivity index is 4.29. The van der Waals surface area contributed by atoms with Crippen molar-refractivity contribution in [1.29, 1.82) is 0 Å². The van der Waals surface area contributed by atoms with E-state index in [9.17, 15) is 24.5 Å². The van der Waals surface area contributed by atoms with Crippen LogP contribution in [0.15, 0.2) is 24.3 Å². The molecule has 0 aromatic carbocycles. The van der Waals surface area contributed by atoms with Crippen LogP contribution in [0.25, 0.3) is 0 Å². The summed E-state index contributed by atoms with van der Waals surface area (Å²) in [5.74, 6) is -0.450. The molecular formula is C43H85N2O7P. The van der Waals surface area contributed by atoms with Gasteiger partial charge in [0, 0.05) is 6.54 Å². The van der Waals surface area contributed by atoms with E-state index < -0.39 is 38.6 Å². The molecule has 0 aromatic rings. The van der Waals surface area contributed by atoms with Gasteiger partial charge in [0.15, 0.2) is 0 Å². The van der Waals surface area contributed by atoms with E-state index in [-0.39, 0.29) is 19.6 Å². The van der Waals surface area contributed by atoms with Crippen LogP contribution in [0, 0.1) is 0 Å². The Morgan fingerprint density at radius 1 is 0.642 bits per heavy atom. The van der Waals surface area contributed by atoms with Gasteiger partial charge in [-0.2, -0.15) is 0 Å². The number of aliphatic hydroxyl groups is 2. The summed E-state index contributed by atoms with van der Waals surface area (Å²) in [4.78, 5) is 22.7. The lowest BCUT2D eigenvalue weighted by atomic mass is 10.0. The maximum Gasteiger partial charge on any atom is 0.472 e. The van der Waals surface area contributed by atoms with Crippen molar-refractivity contribution in [1.82, 2.24) is 5.32 Å². The molecule has 0 rings (SSSR count). The molecule has 6 N–H and O–H groups in total. The quantitative estimate of drug-likeness (QED) is 0.0234. The minimum atomic E-state index is -4.40. The topological polar surface area (TPSA) is 151 Å². The third kappa shape index (κ3) is 37.6. The second-order valence-corrected chi connectivity index (χ2v) is 16.5. The highest BCUT2D eigenvalue weighted by Gasteiger charge is 2.27. The summed E-state index contributed by atoms with van der Waals surface area (Å²) in [7, 11) is -4.40. The summed E-state index contributed by atoms with van der Waals surface area (Å²) in [6, 6.07) is -0.982. The monoisotopic (exact) mass is 773 g/mol. The molecule has 0 aliphatic rings. The average Bonchev–Trinajstić information content (AvgIpc) is 3.13. The zero-order valence-corrected chi connectivity index (χ0v) is 35.3. The number of phosphoric ester groups is 1. The molecule has 0 spiro atoms. The summed E-state index contributed by atoms with van der Waals surface area (Å²) < 4.78 is 22.1. The average molecular weight is 773 g/mol. The smallest absolute Gasteiger partial charge is 0.393 e. The number of rotatable bonds is 41. The van der Waals surface area contributed by atoms with E-state index in [1.807, 2.05) is 6.08 Å². The SMILES string of the molecule is CCCCCCCCCCC/C=C\CCCCCCCC(O)CC(=O)NC(COP(=O)(O)OCCN)C(O)/C=C/CCCCCCCCCCCCC. The van der Waals surface area contributed by atoms with Crippen LogP contribution >= 0.6 is 7.82 Å². The molecule has 0 saturated carbocycles. The number of nitrogens with two attached hydrogens (primary N) is 1. The Labute approximate surface area is 326 Å². The van der Waals surface area contributed by atoms with Gasteiger partial charge in [0.1, 0.15) is 0 Å². The summed E-state index contributed by atoms with van der Waals surface area (Å²) in [6.45, 7) is 3.97.